The summed E-state index contributed by atoms with van der Waals surface area (Å²) in [6.07, 6.45) is 5.05. The van der Waals surface area contributed by atoms with Gasteiger partial charge >= 0.3 is 0 Å². The van der Waals surface area contributed by atoms with Crippen LogP contribution in [-0.4, -0.2) is 49.0 Å². The van der Waals surface area contributed by atoms with E-state index in [0.29, 0.717) is 18.1 Å². The molecule has 2 saturated heterocycles. The molecule has 0 aromatic rings. The Hall–Kier alpha value is 0.230. The van der Waals surface area contributed by atoms with Gasteiger partial charge in [-0.05, 0) is 50.8 Å². The van der Waals surface area contributed by atoms with Gasteiger partial charge in [-0.1, -0.05) is 13.8 Å². The third kappa shape index (κ3) is 3.90. The Bertz CT molecular complexity index is 282. The molecule has 1 spiro atoms. The second-order valence-electron chi connectivity index (χ2n) is 6.07. The highest BCUT2D eigenvalue weighted by atomic mass is 32.2. The molecule has 2 heterocycles. The predicted molar refractivity (Wildman–Crippen MR) is 86.5 cm³/mol. The van der Waals surface area contributed by atoms with Crippen molar-refractivity contribution in [3.8, 4) is 0 Å². The minimum absolute atomic E-state index is 0.172. The highest BCUT2D eigenvalue weighted by Crippen LogP contribution is 2.42. The van der Waals surface area contributed by atoms with Crippen LogP contribution < -0.4 is 5.32 Å². The van der Waals surface area contributed by atoms with Gasteiger partial charge in [0.2, 0.25) is 0 Å². The molecule has 0 radical (unpaired) electrons. The Morgan fingerprint density at radius 1 is 1.40 bits per heavy atom. The van der Waals surface area contributed by atoms with Gasteiger partial charge < -0.3 is 14.8 Å². The van der Waals surface area contributed by atoms with E-state index in [4.69, 9.17) is 9.47 Å². The van der Waals surface area contributed by atoms with Crippen molar-refractivity contribution < 1.29 is 9.47 Å². The van der Waals surface area contributed by atoms with E-state index in [1.54, 1.807) is 0 Å². The van der Waals surface area contributed by atoms with Crippen molar-refractivity contribution in [1.82, 2.24) is 5.32 Å². The monoisotopic (exact) mass is 301 g/mol. The van der Waals surface area contributed by atoms with Gasteiger partial charge in [0.25, 0.3) is 0 Å². The normalized spacial score (nSPS) is 33.5. The Labute approximate surface area is 128 Å². The molecule has 2 fully saturated rings. The topological polar surface area (TPSA) is 30.5 Å². The molecule has 0 aromatic heterocycles. The highest BCUT2D eigenvalue weighted by molar-refractivity contribution is 7.99. The molecule has 0 aliphatic carbocycles. The summed E-state index contributed by atoms with van der Waals surface area (Å²) in [4.78, 5) is 0. The SMILES string of the molecule is CCNC(C1CCOC2(CCSC2)C1)C(CC)OCC. The van der Waals surface area contributed by atoms with Gasteiger partial charge in [0.1, 0.15) is 0 Å². The smallest absolute Gasteiger partial charge is 0.0783 e. The lowest BCUT2D eigenvalue weighted by molar-refractivity contribution is -0.0974. The van der Waals surface area contributed by atoms with Crippen molar-refractivity contribution in [3.05, 3.63) is 0 Å². The standard InChI is InChI=1S/C16H31NO2S/c1-4-14(18-6-3)15(17-5-2)13-7-9-19-16(11-13)8-10-20-12-16/h13-15,17H,4-12H2,1-3H3. The average Bonchev–Trinajstić information content (AvgIpc) is 2.90. The minimum Gasteiger partial charge on any atom is -0.377 e. The van der Waals surface area contributed by atoms with Crippen molar-refractivity contribution in [1.29, 1.82) is 0 Å². The number of ether oxygens (including phenoxy) is 2. The number of nitrogens with one attached hydrogen (secondary N) is 1. The fourth-order valence-corrected chi connectivity index (χ4v) is 5.14. The van der Waals surface area contributed by atoms with Crippen LogP contribution in [-0.2, 0) is 9.47 Å². The van der Waals surface area contributed by atoms with Crippen LogP contribution >= 0.6 is 11.8 Å². The molecule has 2 rings (SSSR count). The Morgan fingerprint density at radius 3 is 2.85 bits per heavy atom. The maximum atomic E-state index is 6.17. The van der Waals surface area contributed by atoms with Crippen molar-refractivity contribution in [3.63, 3.8) is 0 Å². The van der Waals surface area contributed by atoms with Gasteiger partial charge in [-0.15, -0.1) is 0 Å². The Morgan fingerprint density at radius 2 is 2.25 bits per heavy atom. The van der Waals surface area contributed by atoms with Gasteiger partial charge in [0.15, 0.2) is 0 Å². The zero-order chi connectivity index (χ0) is 14.4. The van der Waals surface area contributed by atoms with Crippen molar-refractivity contribution in [2.75, 3.05) is 31.3 Å². The highest BCUT2D eigenvalue weighted by Gasteiger charge is 2.43. The zero-order valence-corrected chi connectivity index (χ0v) is 14.1. The van der Waals surface area contributed by atoms with Crippen LogP contribution in [0.2, 0.25) is 0 Å². The van der Waals surface area contributed by atoms with Crippen LogP contribution in [0.4, 0.5) is 0 Å². The summed E-state index contributed by atoms with van der Waals surface area (Å²) in [7, 11) is 0. The molecular formula is C16H31NO2S. The maximum Gasteiger partial charge on any atom is 0.0783 e. The number of hydrogen-bond acceptors (Lipinski definition) is 4. The first-order chi connectivity index (χ1) is 9.74. The van der Waals surface area contributed by atoms with Crippen LogP contribution in [0.3, 0.4) is 0 Å². The molecule has 20 heavy (non-hydrogen) atoms. The second kappa shape index (κ2) is 8.02. The molecule has 0 saturated carbocycles. The molecule has 4 atom stereocenters. The van der Waals surface area contributed by atoms with Crippen molar-refractivity contribution >= 4 is 11.8 Å². The minimum atomic E-state index is 0.172. The molecule has 0 amide bonds. The summed E-state index contributed by atoms with van der Waals surface area (Å²) in [6, 6.07) is 0.483. The third-order valence-electron chi connectivity index (χ3n) is 4.73. The van der Waals surface area contributed by atoms with Gasteiger partial charge in [-0.25, -0.2) is 0 Å². The lowest BCUT2D eigenvalue weighted by Gasteiger charge is -2.43. The van der Waals surface area contributed by atoms with Gasteiger partial charge in [0.05, 0.1) is 11.7 Å². The van der Waals surface area contributed by atoms with Crippen LogP contribution in [0.1, 0.15) is 46.5 Å². The summed E-state index contributed by atoms with van der Waals surface area (Å²) in [5, 5.41) is 3.71. The van der Waals surface area contributed by atoms with Crippen molar-refractivity contribution in [2.24, 2.45) is 5.92 Å². The van der Waals surface area contributed by atoms with Gasteiger partial charge in [-0.2, -0.15) is 11.8 Å². The molecule has 0 aromatic carbocycles. The van der Waals surface area contributed by atoms with E-state index in [0.717, 1.165) is 26.2 Å². The van der Waals surface area contributed by atoms with E-state index < -0.39 is 0 Å². The van der Waals surface area contributed by atoms with Crippen LogP contribution in [0.5, 0.6) is 0 Å². The van der Waals surface area contributed by atoms with E-state index >= 15 is 0 Å². The van der Waals surface area contributed by atoms with Crippen molar-refractivity contribution in [2.45, 2.75) is 64.2 Å². The summed E-state index contributed by atoms with van der Waals surface area (Å²) in [5.41, 5.74) is 0.172. The molecule has 2 aliphatic heterocycles. The third-order valence-corrected chi connectivity index (χ3v) is 5.95. The summed E-state index contributed by atoms with van der Waals surface area (Å²) < 4.78 is 12.2. The molecule has 3 nitrogen and oxygen atoms in total. The lowest BCUT2D eigenvalue weighted by atomic mass is 9.79. The fraction of sp³-hybridized carbons (Fsp3) is 1.00. The molecule has 4 heteroatoms. The maximum absolute atomic E-state index is 6.17. The molecule has 1 N–H and O–H groups in total. The first-order valence-electron chi connectivity index (χ1n) is 8.31. The predicted octanol–water partition coefficient (Wildman–Crippen LogP) is 3.08. The fourth-order valence-electron chi connectivity index (χ4n) is 3.76. The molecular weight excluding hydrogens is 270 g/mol. The lowest BCUT2D eigenvalue weighted by Crippen LogP contribution is -2.52. The van der Waals surface area contributed by atoms with Crippen LogP contribution in [0.25, 0.3) is 0 Å². The van der Waals surface area contributed by atoms with E-state index in [2.05, 4.69) is 37.8 Å². The van der Waals surface area contributed by atoms with Crippen LogP contribution in [0.15, 0.2) is 0 Å². The quantitative estimate of drug-likeness (QED) is 0.783. The van der Waals surface area contributed by atoms with E-state index in [9.17, 15) is 0 Å². The van der Waals surface area contributed by atoms with E-state index in [1.165, 1.54) is 30.8 Å². The first kappa shape index (κ1) is 16.6. The van der Waals surface area contributed by atoms with E-state index in [1.807, 2.05) is 0 Å². The first-order valence-corrected chi connectivity index (χ1v) is 9.46. The second-order valence-corrected chi connectivity index (χ2v) is 7.18. The summed E-state index contributed by atoms with van der Waals surface area (Å²) in [5.74, 6) is 3.15. The zero-order valence-electron chi connectivity index (χ0n) is 13.3. The largest absolute Gasteiger partial charge is 0.377 e. The van der Waals surface area contributed by atoms with Crippen LogP contribution in [0, 0.1) is 5.92 Å². The molecule has 2 aliphatic rings. The number of hydrogen-bond donors (Lipinski definition) is 1. The van der Waals surface area contributed by atoms with E-state index in [-0.39, 0.29) is 5.60 Å². The summed E-state index contributed by atoms with van der Waals surface area (Å²) in [6.45, 7) is 9.30. The Kier molecular flexibility index (Phi) is 6.66. The molecule has 118 valence electrons. The number of thioether (sulfide) groups is 1. The van der Waals surface area contributed by atoms with Gasteiger partial charge in [-0.3, -0.25) is 0 Å². The average molecular weight is 301 g/mol. The Balaban J connectivity index is 2.03. The van der Waals surface area contributed by atoms with Gasteiger partial charge in [0, 0.05) is 25.0 Å². The summed E-state index contributed by atoms with van der Waals surface area (Å²) >= 11 is 2.05. The number of rotatable bonds is 7. The number of likely N-dealkylation sites (N-methyl/N-ethyl adjacent to an activating group) is 1. The molecule has 0 bridgehead atoms. The molecule has 4 unspecified atom stereocenters.